The van der Waals surface area contributed by atoms with Gasteiger partial charge < -0.3 is 5.32 Å². The van der Waals surface area contributed by atoms with Crippen molar-refractivity contribution in [3.8, 4) is 0 Å². The second kappa shape index (κ2) is 6.16. The Balaban J connectivity index is 1.81. The average molecular weight is 333 g/mol. The molecule has 0 aliphatic heterocycles. The summed E-state index contributed by atoms with van der Waals surface area (Å²) in [6.07, 6.45) is 7.27. The molecule has 2 aromatic rings. The number of anilines is 1. The molecule has 122 valence electrons. The second-order valence-corrected chi connectivity index (χ2v) is 7.87. The molecule has 0 unspecified atom stereocenters. The SMILES string of the molecule is CS(=O)(=O)c1cccc(C(=O)Nc2ccnn2C2CCCC2)c1. The van der Waals surface area contributed by atoms with Crippen LogP contribution in [0.4, 0.5) is 5.82 Å². The fourth-order valence-electron chi connectivity index (χ4n) is 2.91. The number of nitrogens with one attached hydrogen (secondary N) is 1. The number of aromatic nitrogens is 2. The van der Waals surface area contributed by atoms with E-state index >= 15 is 0 Å². The number of amides is 1. The Morgan fingerprint density at radius 3 is 2.70 bits per heavy atom. The van der Waals surface area contributed by atoms with Crippen molar-refractivity contribution in [1.29, 1.82) is 0 Å². The maximum Gasteiger partial charge on any atom is 0.256 e. The molecular weight excluding hydrogens is 314 g/mol. The number of sulfone groups is 1. The molecule has 7 heteroatoms. The van der Waals surface area contributed by atoms with Gasteiger partial charge in [-0.15, -0.1) is 0 Å². The lowest BCUT2D eigenvalue weighted by molar-refractivity contribution is 0.102. The predicted octanol–water partition coefficient (Wildman–Crippen LogP) is 2.65. The molecule has 0 radical (unpaired) electrons. The maximum absolute atomic E-state index is 12.4. The van der Waals surface area contributed by atoms with Crippen molar-refractivity contribution in [3.63, 3.8) is 0 Å². The topological polar surface area (TPSA) is 81.1 Å². The van der Waals surface area contributed by atoms with E-state index in [2.05, 4.69) is 10.4 Å². The molecule has 1 aliphatic carbocycles. The van der Waals surface area contributed by atoms with E-state index in [0.717, 1.165) is 19.1 Å². The summed E-state index contributed by atoms with van der Waals surface area (Å²) in [5.74, 6) is 0.307. The fraction of sp³-hybridized carbons (Fsp3) is 0.375. The third-order valence-corrected chi connectivity index (χ3v) is 5.22. The highest BCUT2D eigenvalue weighted by atomic mass is 32.2. The molecule has 0 bridgehead atoms. The van der Waals surface area contributed by atoms with Gasteiger partial charge in [-0.3, -0.25) is 4.79 Å². The standard InChI is InChI=1S/C16H19N3O3S/c1-23(21,22)14-8-4-5-12(11-14)16(20)18-15-9-10-17-19(15)13-6-2-3-7-13/h4-5,8-11,13H,2-3,6-7H2,1H3,(H,18,20). The molecule has 1 amide bonds. The Labute approximate surface area is 135 Å². The number of rotatable bonds is 4. The average Bonchev–Trinajstić information content (AvgIpc) is 3.17. The second-order valence-electron chi connectivity index (χ2n) is 5.85. The lowest BCUT2D eigenvalue weighted by Crippen LogP contribution is -2.18. The molecule has 1 fully saturated rings. The zero-order chi connectivity index (χ0) is 16.4. The van der Waals surface area contributed by atoms with E-state index in [4.69, 9.17) is 0 Å². The maximum atomic E-state index is 12.4. The van der Waals surface area contributed by atoms with Crippen LogP contribution in [0.3, 0.4) is 0 Å². The highest BCUT2D eigenvalue weighted by molar-refractivity contribution is 7.90. The first-order valence-electron chi connectivity index (χ1n) is 7.60. The molecule has 6 nitrogen and oxygen atoms in total. The fourth-order valence-corrected chi connectivity index (χ4v) is 3.58. The number of nitrogens with zero attached hydrogens (tertiary/aromatic N) is 2. The normalized spacial score (nSPS) is 15.7. The Kier molecular flexibility index (Phi) is 4.21. The van der Waals surface area contributed by atoms with Crippen molar-refractivity contribution in [1.82, 2.24) is 9.78 Å². The molecule has 1 heterocycles. The van der Waals surface area contributed by atoms with Crippen LogP contribution in [0, 0.1) is 0 Å². The molecular formula is C16H19N3O3S. The third-order valence-electron chi connectivity index (χ3n) is 4.11. The summed E-state index contributed by atoms with van der Waals surface area (Å²) < 4.78 is 25.1. The van der Waals surface area contributed by atoms with Gasteiger partial charge in [0, 0.05) is 17.9 Å². The highest BCUT2D eigenvalue weighted by Crippen LogP contribution is 2.31. The molecule has 1 aromatic carbocycles. The van der Waals surface area contributed by atoms with E-state index in [1.54, 1.807) is 24.4 Å². The Morgan fingerprint density at radius 2 is 2.00 bits per heavy atom. The summed E-state index contributed by atoms with van der Waals surface area (Å²) in [6, 6.07) is 8.12. The van der Waals surface area contributed by atoms with Crippen molar-refractivity contribution in [2.75, 3.05) is 11.6 Å². The quantitative estimate of drug-likeness (QED) is 0.932. The zero-order valence-corrected chi connectivity index (χ0v) is 13.7. The Morgan fingerprint density at radius 1 is 1.26 bits per heavy atom. The van der Waals surface area contributed by atoms with Gasteiger partial charge in [-0.2, -0.15) is 5.10 Å². The third kappa shape index (κ3) is 3.44. The summed E-state index contributed by atoms with van der Waals surface area (Å²) in [7, 11) is -3.34. The van der Waals surface area contributed by atoms with Gasteiger partial charge in [0.05, 0.1) is 17.1 Å². The van der Waals surface area contributed by atoms with Gasteiger partial charge in [0.2, 0.25) is 0 Å². The van der Waals surface area contributed by atoms with Crippen LogP contribution in [0.5, 0.6) is 0 Å². The molecule has 1 aromatic heterocycles. The zero-order valence-electron chi connectivity index (χ0n) is 12.9. The molecule has 1 N–H and O–H groups in total. The largest absolute Gasteiger partial charge is 0.307 e. The van der Waals surface area contributed by atoms with Crippen LogP contribution < -0.4 is 5.32 Å². The van der Waals surface area contributed by atoms with Gasteiger partial charge in [0.15, 0.2) is 9.84 Å². The lowest BCUT2D eigenvalue weighted by Gasteiger charge is -2.14. The molecule has 0 atom stereocenters. The van der Waals surface area contributed by atoms with Crippen LogP contribution in [-0.4, -0.2) is 30.4 Å². The monoisotopic (exact) mass is 333 g/mol. The summed E-state index contributed by atoms with van der Waals surface area (Å²) >= 11 is 0. The van der Waals surface area contributed by atoms with Crippen LogP contribution in [0.15, 0.2) is 41.4 Å². The predicted molar refractivity (Wildman–Crippen MR) is 87.2 cm³/mol. The van der Waals surface area contributed by atoms with Gasteiger partial charge >= 0.3 is 0 Å². The lowest BCUT2D eigenvalue weighted by atomic mass is 10.2. The van der Waals surface area contributed by atoms with E-state index in [1.165, 1.54) is 25.0 Å². The van der Waals surface area contributed by atoms with Crippen LogP contribution in [0.1, 0.15) is 42.1 Å². The first-order chi connectivity index (χ1) is 10.9. The number of benzene rings is 1. The van der Waals surface area contributed by atoms with E-state index in [0.29, 0.717) is 17.4 Å². The Hall–Kier alpha value is -2.15. The van der Waals surface area contributed by atoms with Crippen LogP contribution >= 0.6 is 0 Å². The number of hydrogen-bond donors (Lipinski definition) is 1. The minimum atomic E-state index is -3.34. The molecule has 0 spiro atoms. The number of carbonyl (C=O) groups is 1. The van der Waals surface area contributed by atoms with E-state index in [9.17, 15) is 13.2 Å². The van der Waals surface area contributed by atoms with Gasteiger partial charge in [-0.05, 0) is 31.0 Å². The molecule has 0 saturated heterocycles. The summed E-state index contributed by atoms with van der Waals surface area (Å²) in [6.45, 7) is 0. The van der Waals surface area contributed by atoms with Gasteiger partial charge in [0.25, 0.3) is 5.91 Å². The van der Waals surface area contributed by atoms with Crippen molar-refractivity contribution >= 4 is 21.6 Å². The van der Waals surface area contributed by atoms with Crippen molar-refractivity contribution in [2.24, 2.45) is 0 Å². The van der Waals surface area contributed by atoms with Crippen LogP contribution in [-0.2, 0) is 9.84 Å². The minimum absolute atomic E-state index is 0.134. The van der Waals surface area contributed by atoms with Gasteiger partial charge in [0.1, 0.15) is 5.82 Å². The minimum Gasteiger partial charge on any atom is -0.307 e. The van der Waals surface area contributed by atoms with E-state index < -0.39 is 9.84 Å². The van der Waals surface area contributed by atoms with Gasteiger partial charge in [-0.25, -0.2) is 13.1 Å². The Bertz CT molecular complexity index is 821. The molecule has 1 saturated carbocycles. The molecule has 3 rings (SSSR count). The highest BCUT2D eigenvalue weighted by Gasteiger charge is 2.21. The summed E-state index contributed by atoms with van der Waals surface area (Å²) in [4.78, 5) is 12.5. The van der Waals surface area contributed by atoms with Gasteiger partial charge in [-0.1, -0.05) is 18.9 Å². The van der Waals surface area contributed by atoms with E-state index in [-0.39, 0.29) is 10.8 Å². The first-order valence-corrected chi connectivity index (χ1v) is 9.49. The summed E-state index contributed by atoms with van der Waals surface area (Å²) in [5.41, 5.74) is 0.312. The van der Waals surface area contributed by atoms with Crippen molar-refractivity contribution < 1.29 is 13.2 Å². The summed E-state index contributed by atoms with van der Waals surface area (Å²) in [5, 5.41) is 7.14. The van der Waals surface area contributed by atoms with Crippen molar-refractivity contribution in [3.05, 3.63) is 42.1 Å². The van der Waals surface area contributed by atoms with E-state index in [1.807, 2.05) is 4.68 Å². The molecule has 1 aliphatic rings. The number of hydrogen-bond acceptors (Lipinski definition) is 4. The van der Waals surface area contributed by atoms with Crippen LogP contribution in [0.2, 0.25) is 0 Å². The van der Waals surface area contributed by atoms with Crippen LogP contribution in [0.25, 0.3) is 0 Å². The molecule has 23 heavy (non-hydrogen) atoms. The van der Waals surface area contributed by atoms with Crippen molar-refractivity contribution in [2.45, 2.75) is 36.6 Å². The smallest absolute Gasteiger partial charge is 0.256 e. The number of carbonyl (C=O) groups excluding carboxylic acids is 1. The first kappa shape index (κ1) is 15.7.